The van der Waals surface area contributed by atoms with E-state index in [1.54, 1.807) is 40.7 Å². The zero-order chi connectivity index (χ0) is 33.5. The molecule has 0 radical (unpaired) electrons. The van der Waals surface area contributed by atoms with Gasteiger partial charge < -0.3 is 35.5 Å². The van der Waals surface area contributed by atoms with E-state index in [9.17, 15) is 37.5 Å². The predicted molar refractivity (Wildman–Crippen MR) is 157 cm³/mol. The Morgan fingerprint density at radius 1 is 1.09 bits per heavy atom. The van der Waals surface area contributed by atoms with Crippen LogP contribution >= 0.6 is 0 Å². The minimum absolute atomic E-state index is 0.113. The monoisotopic (exact) mass is 633 g/mol. The summed E-state index contributed by atoms with van der Waals surface area (Å²) in [7, 11) is 0. The molecule has 45 heavy (non-hydrogen) atoms. The van der Waals surface area contributed by atoms with Crippen molar-refractivity contribution in [2.45, 2.75) is 71.0 Å². The smallest absolute Gasteiger partial charge is 0.433 e. The highest BCUT2D eigenvalue weighted by Gasteiger charge is 2.35. The minimum atomic E-state index is -4.66. The van der Waals surface area contributed by atoms with Crippen LogP contribution in [-0.4, -0.2) is 56.8 Å². The van der Waals surface area contributed by atoms with Crippen LogP contribution in [0.5, 0.6) is 5.75 Å². The molecule has 1 aliphatic rings. The van der Waals surface area contributed by atoms with Crippen molar-refractivity contribution < 1.29 is 42.1 Å². The first-order valence-corrected chi connectivity index (χ1v) is 13.9. The molecule has 1 aromatic carbocycles. The predicted octanol–water partition coefficient (Wildman–Crippen LogP) is 3.18. The summed E-state index contributed by atoms with van der Waals surface area (Å²) in [5, 5.41) is 16.8. The van der Waals surface area contributed by atoms with Crippen molar-refractivity contribution in [3.8, 4) is 5.75 Å². The molecule has 12 nitrogen and oxygen atoms in total. The first kappa shape index (κ1) is 33.2. The number of aromatic nitrogens is 2. The second-order valence-corrected chi connectivity index (χ2v) is 12.2. The lowest BCUT2D eigenvalue weighted by molar-refractivity contribution is -0.155. The van der Waals surface area contributed by atoms with Crippen LogP contribution in [0.2, 0.25) is 0 Å². The van der Waals surface area contributed by atoms with Gasteiger partial charge in [0, 0.05) is 18.0 Å². The third kappa shape index (κ3) is 7.36. The number of pyridine rings is 2. The van der Waals surface area contributed by atoms with Gasteiger partial charge in [0.15, 0.2) is 0 Å². The average molecular weight is 634 g/mol. The Hall–Kier alpha value is -4.66. The Bertz CT molecular complexity index is 1710. The lowest BCUT2D eigenvalue weighted by Crippen LogP contribution is -2.40. The van der Waals surface area contributed by atoms with Gasteiger partial charge in [-0.15, -0.1) is 0 Å². The number of nitrogens with one attached hydrogen (secondary N) is 2. The van der Waals surface area contributed by atoms with Crippen molar-refractivity contribution >= 4 is 34.4 Å². The van der Waals surface area contributed by atoms with Crippen molar-refractivity contribution in [3.05, 3.63) is 63.2 Å². The number of alkyl halides is 3. The molecule has 1 amide bonds. The number of aromatic hydroxyl groups is 1. The highest BCUT2D eigenvalue weighted by atomic mass is 19.4. The molecule has 15 heteroatoms. The molecule has 2 aromatic heterocycles. The summed E-state index contributed by atoms with van der Waals surface area (Å²) in [6.45, 7) is 7.16. The number of nitrogens with zero attached hydrogens (tertiary/aromatic N) is 2. The molecule has 3 aromatic rings. The van der Waals surface area contributed by atoms with Crippen LogP contribution in [-0.2, 0) is 38.2 Å². The van der Waals surface area contributed by atoms with Crippen LogP contribution in [0.15, 0.2) is 35.3 Å². The number of carbonyl (C=O) groups is 3. The number of halogens is 3. The fraction of sp³-hybridized carbons (Fsp3) is 0.433. The Morgan fingerprint density at radius 2 is 1.78 bits per heavy atom. The van der Waals surface area contributed by atoms with Gasteiger partial charge in [0.1, 0.15) is 34.8 Å². The molecule has 3 heterocycles. The highest BCUT2D eigenvalue weighted by molar-refractivity contribution is 6.06. The van der Waals surface area contributed by atoms with Gasteiger partial charge in [-0.2, -0.15) is 13.2 Å². The second kappa shape index (κ2) is 12.0. The normalized spacial score (nSPS) is 14.9. The van der Waals surface area contributed by atoms with Gasteiger partial charge in [-0.05, 0) is 57.9 Å². The molecule has 0 saturated carbocycles. The molecule has 0 aliphatic carbocycles. The zero-order valence-corrected chi connectivity index (χ0v) is 25.3. The zero-order valence-electron chi connectivity index (χ0n) is 25.3. The molecule has 1 atom stereocenters. The Kier molecular flexibility index (Phi) is 8.88. The van der Waals surface area contributed by atoms with Gasteiger partial charge in [-0.3, -0.25) is 24.2 Å². The van der Waals surface area contributed by atoms with E-state index in [0.29, 0.717) is 16.8 Å². The number of hydrogen-bond donors (Lipinski definition) is 4. The van der Waals surface area contributed by atoms with Gasteiger partial charge in [0.2, 0.25) is 0 Å². The standard InChI is InChI=1S/C30H34F3N5O7/c1-28(2,3)44-21(40)13-36-26(42)22-25(41)17-8-6-15(10-29(4,5)45-20(39)11-34)23-24(17)38(27(22)43)14-18(37-23)16-7-9-19(35-12-16)30(31,32)33/h6-9,12,18,37,41H,10-11,13-14,34H2,1-5H3,(H,36,42). The van der Waals surface area contributed by atoms with Crippen molar-refractivity contribution in [2.24, 2.45) is 5.73 Å². The van der Waals surface area contributed by atoms with E-state index in [2.05, 4.69) is 15.6 Å². The average Bonchev–Trinajstić information content (AvgIpc) is 2.93. The summed E-state index contributed by atoms with van der Waals surface area (Å²) in [6.07, 6.45) is -3.51. The van der Waals surface area contributed by atoms with Crippen LogP contribution < -0.4 is 21.9 Å². The van der Waals surface area contributed by atoms with Gasteiger partial charge >= 0.3 is 18.1 Å². The fourth-order valence-corrected chi connectivity index (χ4v) is 5.10. The minimum Gasteiger partial charge on any atom is -0.506 e. The van der Waals surface area contributed by atoms with Gasteiger partial charge in [0.25, 0.3) is 11.5 Å². The fourth-order valence-electron chi connectivity index (χ4n) is 5.10. The number of anilines is 1. The number of carbonyl (C=O) groups excluding carboxylic acids is 3. The van der Waals surface area contributed by atoms with Gasteiger partial charge in [-0.25, -0.2) is 0 Å². The maximum atomic E-state index is 13.8. The molecule has 0 saturated heterocycles. The lowest BCUT2D eigenvalue weighted by atomic mass is 9.92. The first-order chi connectivity index (χ1) is 20.8. The molecule has 4 rings (SSSR count). The molecule has 1 aliphatic heterocycles. The van der Waals surface area contributed by atoms with Crippen LogP contribution in [0.4, 0.5) is 18.9 Å². The van der Waals surface area contributed by atoms with E-state index in [4.69, 9.17) is 15.2 Å². The summed E-state index contributed by atoms with van der Waals surface area (Å²) in [5.41, 5.74) is 2.27. The van der Waals surface area contributed by atoms with E-state index in [1.807, 2.05) is 0 Å². The number of ether oxygens (including phenoxy) is 2. The molecule has 0 fully saturated rings. The van der Waals surface area contributed by atoms with Crippen molar-refractivity contribution in [2.75, 3.05) is 18.4 Å². The van der Waals surface area contributed by atoms with Gasteiger partial charge in [0.05, 0.1) is 30.3 Å². The number of nitrogens with two attached hydrogens (primary N) is 1. The molecule has 5 N–H and O–H groups in total. The van der Waals surface area contributed by atoms with Crippen LogP contribution in [0, 0.1) is 0 Å². The Morgan fingerprint density at radius 3 is 2.36 bits per heavy atom. The third-order valence-corrected chi connectivity index (χ3v) is 6.86. The SMILES string of the molecule is CC(C)(C)OC(=O)CNC(=O)c1c(O)c2ccc(CC(C)(C)OC(=O)CN)c3c2n(c1=O)CC(c1ccc(C(F)(F)F)nc1)N3. The molecule has 0 bridgehead atoms. The summed E-state index contributed by atoms with van der Waals surface area (Å²) in [4.78, 5) is 54.6. The van der Waals surface area contributed by atoms with Crippen LogP contribution in [0.25, 0.3) is 10.9 Å². The topological polar surface area (TPSA) is 175 Å². The molecular weight excluding hydrogens is 599 g/mol. The largest absolute Gasteiger partial charge is 0.506 e. The van der Waals surface area contributed by atoms with Crippen molar-refractivity contribution in [3.63, 3.8) is 0 Å². The quantitative estimate of drug-likeness (QED) is 0.270. The highest BCUT2D eigenvalue weighted by Crippen LogP contribution is 2.41. The lowest BCUT2D eigenvalue weighted by Gasteiger charge is -2.33. The maximum absolute atomic E-state index is 13.8. The molecule has 1 unspecified atom stereocenters. The van der Waals surface area contributed by atoms with E-state index < -0.39 is 70.4 Å². The summed E-state index contributed by atoms with van der Waals surface area (Å²) < 4.78 is 51.4. The van der Waals surface area contributed by atoms with E-state index in [0.717, 1.165) is 12.3 Å². The summed E-state index contributed by atoms with van der Waals surface area (Å²) >= 11 is 0. The second-order valence-electron chi connectivity index (χ2n) is 12.2. The molecule has 242 valence electrons. The van der Waals surface area contributed by atoms with Crippen LogP contribution in [0.1, 0.15) is 67.8 Å². The first-order valence-electron chi connectivity index (χ1n) is 13.9. The number of esters is 2. The number of benzene rings is 1. The summed E-state index contributed by atoms with van der Waals surface area (Å²) in [6, 6.07) is 4.34. The number of rotatable bonds is 8. The Labute approximate surface area is 255 Å². The van der Waals surface area contributed by atoms with E-state index >= 15 is 0 Å². The van der Waals surface area contributed by atoms with Crippen molar-refractivity contribution in [1.29, 1.82) is 0 Å². The molecule has 0 spiro atoms. The van der Waals surface area contributed by atoms with Crippen molar-refractivity contribution in [1.82, 2.24) is 14.9 Å². The van der Waals surface area contributed by atoms with Crippen LogP contribution in [0.3, 0.4) is 0 Å². The van der Waals surface area contributed by atoms with E-state index in [-0.39, 0.29) is 30.4 Å². The molecular formula is C30H34F3N5O7. The summed E-state index contributed by atoms with van der Waals surface area (Å²) in [5.74, 6) is -3.07. The third-order valence-electron chi connectivity index (χ3n) is 6.86. The Balaban J connectivity index is 1.82. The number of amides is 1. The number of hydrogen-bond acceptors (Lipinski definition) is 10. The maximum Gasteiger partial charge on any atom is 0.433 e. The van der Waals surface area contributed by atoms with E-state index in [1.165, 1.54) is 16.7 Å². The van der Waals surface area contributed by atoms with Gasteiger partial charge in [-0.1, -0.05) is 12.1 Å².